The van der Waals surface area contributed by atoms with Crippen LogP contribution in [0.4, 0.5) is 4.39 Å². The van der Waals surface area contributed by atoms with E-state index >= 15 is 0 Å². The number of hydrogen-bond acceptors (Lipinski definition) is 2. The molecule has 0 atom stereocenters. The number of aldehydes is 1. The second-order valence-corrected chi connectivity index (χ2v) is 3.77. The van der Waals surface area contributed by atoms with Gasteiger partial charge < -0.3 is 4.74 Å². The normalized spacial score (nSPS) is 10.0. The van der Waals surface area contributed by atoms with Gasteiger partial charge in [-0.3, -0.25) is 4.79 Å². The standard InChI is InChI=1S/C13H8ClFO2/c14-13-7-12(5-4-9(13)8-16)17-11-3-1-2-10(15)6-11/h1-8H. The Kier molecular flexibility index (Phi) is 3.40. The van der Waals surface area contributed by atoms with Crippen LogP contribution in [-0.2, 0) is 0 Å². The van der Waals surface area contributed by atoms with Crippen molar-refractivity contribution < 1.29 is 13.9 Å². The van der Waals surface area contributed by atoms with Crippen molar-refractivity contribution >= 4 is 17.9 Å². The molecule has 0 saturated heterocycles. The van der Waals surface area contributed by atoms with E-state index in [1.807, 2.05) is 0 Å². The number of ether oxygens (including phenoxy) is 1. The first-order valence-corrected chi connectivity index (χ1v) is 5.25. The Morgan fingerprint density at radius 3 is 2.53 bits per heavy atom. The van der Waals surface area contributed by atoms with Crippen molar-refractivity contribution in [3.8, 4) is 11.5 Å². The number of carbonyl (C=O) groups excluding carboxylic acids is 1. The molecule has 2 rings (SSSR count). The maximum Gasteiger partial charge on any atom is 0.151 e. The van der Waals surface area contributed by atoms with E-state index in [0.29, 0.717) is 28.4 Å². The van der Waals surface area contributed by atoms with E-state index in [-0.39, 0.29) is 5.82 Å². The van der Waals surface area contributed by atoms with E-state index in [9.17, 15) is 9.18 Å². The zero-order chi connectivity index (χ0) is 12.3. The third kappa shape index (κ3) is 2.82. The molecule has 17 heavy (non-hydrogen) atoms. The van der Waals surface area contributed by atoms with Crippen molar-refractivity contribution in [2.75, 3.05) is 0 Å². The SMILES string of the molecule is O=Cc1ccc(Oc2cccc(F)c2)cc1Cl. The Bertz CT molecular complexity index is 555. The fraction of sp³-hybridized carbons (Fsp3) is 0. The highest BCUT2D eigenvalue weighted by Gasteiger charge is 2.03. The average Bonchev–Trinajstić information content (AvgIpc) is 2.29. The molecule has 2 nitrogen and oxygen atoms in total. The molecule has 0 bridgehead atoms. The maximum atomic E-state index is 12.9. The van der Waals surface area contributed by atoms with Crippen molar-refractivity contribution in [1.29, 1.82) is 0 Å². The quantitative estimate of drug-likeness (QED) is 0.767. The topological polar surface area (TPSA) is 26.3 Å². The molecular weight excluding hydrogens is 243 g/mol. The second kappa shape index (κ2) is 4.97. The molecule has 0 heterocycles. The summed E-state index contributed by atoms with van der Waals surface area (Å²) in [6.45, 7) is 0. The fourth-order valence-corrected chi connectivity index (χ4v) is 1.55. The molecule has 0 N–H and O–H groups in total. The van der Waals surface area contributed by atoms with E-state index in [2.05, 4.69) is 0 Å². The summed E-state index contributed by atoms with van der Waals surface area (Å²) < 4.78 is 18.3. The molecule has 0 aliphatic carbocycles. The zero-order valence-electron chi connectivity index (χ0n) is 8.69. The maximum absolute atomic E-state index is 12.9. The van der Waals surface area contributed by atoms with Gasteiger partial charge in [0.05, 0.1) is 5.02 Å². The van der Waals surface area contributed by atoms with Crippen LogP contribution < -0.4 is 4.74 Å². The first kappa shape index (κ1) is 11.6. The summed E-state index contributed by atoms with van der Waals surface area (Å²) in [4.78, 5) is 10.6. The lowest BCUT2D eigenvalue weighted by Crippen LogP contribution is -1.87. The van der Waals surface area contributed by atoms with Gasteiger partial charge in [-0.1, -0.05) is 17.7 Å². The van der Waals surface area contributed by atoms with E-state index in [1.165, 1.54) is 18.2 Å². The average molecular weight is 251 g/mol. The highest BCUT2D eigenvalue weighted by Crippen LogP contribution is 2.26. The Hall–Kier alpha value is -1.87. The molecule has 2 aromatic rings. The smallest absolute Gasteiger partial charge is 0.151 e. The highest BCUT2D eigenvalue weighted by atomic mass is 35.5. The van der Waals surface area contributed by atoms with Crippen molar-refractivity contribution in [2.45, 2.75) is 0 Å². The van der Waals surface area contributed by atoms with Gasteiger partial charge in [0.25, 0.3) is 0 Å². The predicted molar refractivity (Wildman–Crippen MR) is 63.3 cm³/mol. The van der Waals surface area contributed by atoms with Gasteiger partial charge in [0.1, 0.15) is 17.3 Å². The van der Waals surface area contributed by atoms with Crippen LogP contribution in [0.5, 0.6) is 11.5 Å². The third-order valence-corrected chi connectivity index (χ3v) is 2.46. The summed E-state index contributed by atoms with van der Waals surface area (Å²) in [7, 11) is 0. The number of hydrogen-bond donors (Lipinski definition) is 0. The molecule has 86 valence electrons. The molecule has 0 saturated carbocycles. The second-order valence-electron chi connectivity index (χ2n) is 3.36. The minimum absolute atomic E-state index is 0.300. The molecule has 2 aromatic carbocycles. The largest absolute Gasteiger partial charge is 0.457 e. The first-order chi connectivity index (χ1) is 8.19. The number of carbonyl (C=O) groups is 1. The lowest BCUT2D eigenvalue weighted by Gasteiger charge is -2.06. The van der Waals surface area contributed by atoms with Crippen molar-refractivity contribution in [3.05, 3.63) is 58.9 Å². The molecule has 0 aromatic heterocycles. The highest BCUT2D eigenvalue weighted by molar-refractivity contribution is 6.33. The summed E-state index contributed by atoms with van der Waals surface area (Å²) in [6, 6.07) is 10.4. The van der Waals surface area contributed by atoms with Gasteiger partial charge in [-0.2, -0.15) is 0 Å². The molecule has 0 unspecified atom stereocenters. The van der Waals surface area contributed by atoms with Crippen LogP contribution in [0.3, 0.4) is 0 Å². The van der Waals surface area contributed by atoms with Gasteiger partial charge in [0.15, 0.2) is 6.29 Å². The van der Waals surface area contributed by atoms with Gasteiger partial charge in [-0.15, -0.1) is 0 Å². The van der Waals surface area contributed by atoms with Gasteiger partial charge in [-0.25, -0.2) is 4.39 Å². The van der Waals surface area contributed by atoms with Crippen LogP contribution in [0.15, 0.2) is 42.5 Å². The Morgan fingerprint density at radius 1 is 1.12 bits per heavy atom. The molecule has 0 aliphatic heterocycles. The molecule has 0 spiro atoms. The molecular formula is C13H8ClFO2. The van der Waals surface area contributed by atoms with Crippen LogP contribution in [0, 0.1) is 5.82 Å². The Balaban J connectivity index is 2.24. The van der Waals surface area contributed by atoms with Crippen molar-refractivity contribution in [3.63, 3.8) is 0 Å². The Morgan fingerprint density at radius 2 is 1.88 bits per heavy atom. The Labute approximate surface area is 103 Å². The molecule has 0 aliphatic rings. The lowest BCUT2D eigenvalue weighted by molar-refractivity contribution is 0.112. The van der Waals surface area contributed by atoms with Gasteiger partial charge in [-0.05, 0) is 24.3 Å². The third-order valence-electron chi connectivity index (χ3n) is 2.13. The van der Waals surface area contributed by atoms with Gasteiger partial charge in [0.2, 0.25) is 0 Å². The van der Waals surface area contributed by atoms with Crippen LogP contribution in [0.2, 0.25) is 5.02 Å². The first-order valence-electron chi connectivity index (χ1n) is 4.87. The molecule has 0 radical (unpaired) electrons. The summed E-state index contributed by atoms with van der Waals surface area (Å²) in [5.74, 6) is 0.448. The fourth-order valence-electron chi connectivity index (χ4n) is 1.33. The predicted octanol–water partition coefficient (Wildman–Crippen LogP) is 4.08. The molecule has 0 fully saturated rings. The van der Waals surface area contributed by atoms with E-state index < -0.39 is 0 Å². The van der Waals surface area contributed by atoms with Crippen LogP contribution >= 0.6 is 11.6 Å². The van der Waals surface area contributed by atoms with Gasteiger partial charge >= 0.3 is 0 Å². The number of halogens is 2. The van der Waals surface area contributed by atoms with E-state index in [4.69, 9.17) is 16.3 Å². The van der Waals surface area contributed by atoms with Gasteiger partial charge in [0, 0.05) is 17.7 Å². The monoisotopic (exact) mass is 250 g/mol. The number of benzene rings is 2. The van der Waals surface area contributed by atoms with Crippen molar-refractivity contribution in [2.24, 2.45) is 0 Å². The van der Waals surface area contributed by atoms with E-state index in [0.717, 1.165) is 0 Å². The summed E-state index contributed by atoms with van der Waals surface area (Å²) in [5.41, 5.74) is 0.387. The summed E-state index contributed by atoms with van der Waals surface area (Å²) in [6.07, 6.45) is 0.661. The van der Waals surface area contributed by atoms with E-state index in [1.54, 1.807) is 24.3 Å². The lowest BCUT2D eigenvalue weighted by atomic mass is 10.2. The molecule has 0 amide bonds. The van der Waals surface area contributed by atoms with Crippen LogP contribution in [-0.4, -0.2) is 6.29 Å². The minimum atomic E-state index is -0.377. The summed E-state index contributed by atoms with van der Waals surface area (Å²) in [5, 5.41) is 0.300. The minimum Gasteiger partial charge on any atom is -0.457 e. The molecule has 4 heteroatoms. The van der Waals surface area contributed by atoms with Crippen LogP contribution in [0.25, 0.3) is 0 Å². The van der Waals surface area contributed by atoms with Crippen LogP contribution in [0.1, 0.15) is 10.4 Å². The number of rotatable bonds is 3. The zero-order valence-corrected chi connectivity index (χ0v) is 9.45. The summed E-state index contributed by atoms with van der Waals surface area (Å²) >= 11 is 5.84. The van der Waals surface area contributed by atoms with Crippen molar-refractivity contribution in [1.82, 2.24) is 0 Å².